The highest BCUT2D eigenvalue weighted by molar-refractivity contribution is 6.35. The molecule has 0 bridgehead atoms. The fourth-order valence-electron chi connectivity index (χ4n) is 1.49. The molecular weight excluding hydrogens is 259 g/mol. The predicted octanol–water partition coefficient (Wildman–Crippen LogP) is 3.15. The number of aromatic nitrogens is 2. The minimum atomic E-state index is -0.0603. The molecule has 0 N–H and O–H groups in total. The normalized spacial score (nSPS) is 10.5. The first-order valence-corrected chi connectivity index (χ1v) is 5.78. The molecule has 0 saturated carbocycles. The van der Waals surface area contributed by atoms with Crippen LogP contribution in [0.2, 0.25) is 10.0 Å². The molecule has 0 saturated heterocycles. The zero-order valence-corrected chi connectivity index (χ0v) is 10.7. The van der Waals surface area contributed by atoms with E-state index in [1.807, 2.05) is 0 Å². The van der Waals surface area contributed by atoms with E-state index in [1.165, 1.54) is 0 Å². The van der Waals surface area contributed by atoms with Gasteiger partial charge in [0.25, 0.3) is 0 Å². The molecule has 0 unspecified atom stereocenters. The molecule has 2 rings (SSSR count). The lowest BCUT2D eigenvalue weighted by molar-refractivity contribution is 0.0987. The Hall–Kier alpha value is -1.32. The molecule has 0 spiro atoms. The maximum atomic E-state index is 11.9. The summed E-state index contributed by atoms with van der Waals surface area (Å²) in [4.78, 5) is 11.9. The third-order valence-electron chi connectivity index (χ3n) is 2.37. The molecule has 88 valence electrons. The average Bonchev–Trinajstić information content (AvgIpc) is 2.69. The molecule has 3 nitrogen and oxygen atoms in total. The predicted molar refractivity (Wildman–Crippen MR) is 67.7 cm³/mol. The van der Waals surface area contributed by atoms with Crippen LogP contribution in [0.4, 0.5) is 0 Å². The van der Waals surface area contributed by atoms with Crippen molar-refractivity contribution in [2.75, 3.05) is 0 Å². The summed E-state index contributed by atoms with van der Waals surface area (Å²) < 4.78 is 1.59. The van der Waals surface area contributed by atoms with Crippen molar-refractivity contribution in [3.05, 3.63) is 51.8 Å². The summed E-state index contributed by atoms with van der Waals surface area (Å²) in [6.07, 6.45) is 1.96. The number of carbonyl (C=O) groups excluding carboxylic acids is 1. The number of ketones is 1. The molecule has 0 radical (unpaired) electrons. The maximum absolute atomic E-state index is 11.9. The second-order valence-corrected chi connectivity index (χ2v) is 4.55. The number of hydrogen-bond acceptors (Lipinski definition) is 2. The highest BCUT2D eigenvalue weighted by Crippen LogP contribution is 2.22. The van der Waals surface area contributed by atoms with Gasteiger partial charge >= 0.3 is 0 Å². The summed E-state index contributed by atoms with van der Waals surface area (Å²) in [5.74, 6) is -0.0603. The van der Waals surface area contributed by atoms with Crippen molar-refractivity contribution in [1.29, 1.82) is 0 Å². The topological polar surface area (TPSA) is 34.9 Å². The molecule has 0 atom stereocenters. The standard InChI is InChI=1S/C12H10Cl2N2O/c1-16-5-4-11(15-16)12(17)6-8-2-3-9(13)7-10(8)14/h2-5,7H,6H2,1H3. The van der Waals surface area contributed by atoms with Gasteiger partial charge in [-0.15, -0.1) is 0 Å². The zero-order chi connectivity index (χ0) is 12.4. The number of Topliss-reactive ketones (excluding diaryl/α,β-unsaturated/α-hetero) is 1. The van der Waals surface area contributed by atoms with Crippen LogP contribution in [0.5, 0.6) is 0 Å². The minimum absolute atomic E-state index is 0.0603. The summed E-state index contributed by atoms with van der Waals surface area (Å²) in [6.45, 7) is 0. The number of aryl methyl sites for hydroxylation is 1. The zero-order valence-electron chi connectivity index (χ0n) is 9.15. The van der Waals surface area contributed by atoms with E-state index in [0.717, 1.165) is 5.56 Å². The molecule has 0 aliphatic heterocycles. The fraction of sp³-hybridized carbons (Fsp3) is 0.167. The summed E-state index contributed by atoms with van der Waals surface area (Å²) in [5.41, 5.74) is 1.20. The van der Waals surface area contributed by atoms with Gasteiger partial charge in [0.2, 0.25) is 0 Å². The van der Waals surface area contributed by atoms with Gasteiger partial charge in [-0.1, -0.05) is 29.3 Å². The van der Waals surface area contributed by atoms with Crippen LogP contribution >= 0.6 is 23.2 Å². The van der Waals surface area contributed by atoms with Gasteiger partial charge in [0.1, 0.15) is 5.69 Å². The Morgan fingerprint density at radius 2 is 2.12 bits per heavy atom. The maximum Gasteiger partial charge on any atom is 0.187 e. The largest absolute Gasteiger partial charge is 0.292 e. The average molecular weight is 269 g/mol. The van der Waals surface area contributed by atoms with Crippen molar-refractivity contribution in [3.63, 3.8) is 0 Å². The highest BCUT2D eigenvalue weighted by Gasteiger charge is 2.12. The molecular formula is C12H10Cl2N2O. The molecule has 1 aromatic heterocycles. The Labute approximate surface area is 109 Å². The summed E-state index contributed by atoms with van der Waals surface area (Å²) in [5, 5.41) is 5.11. The number of halogens is 2. The van der Waals surface area contributed by atoms with Crippen LogP contribution in [-0.2, 0) is 13.5 Å². The van der Waals surface area contributed by atoms with E-state index in [4.69, 9.17) is 23.2 Å². The van der Waals surface area contributed by atoms with Crippen molar-refractivity contribution in [2.24, 2.45) is 7.05 Å². The number of benzene rings is 1. The first-order chi connectivity index (χ1) is 8.06. The monoisotopic (exact) mass is 268 g/mol. The van der Waals surface area contributed by atoms with Gasteiger partial charge in [0, 0.05) is 29.7 Å². The Morgan fingerprint density at radius 3 is 2.71 bits per heavy atom. The quantitative estimate of drug-likeness (QED) is 0.802. The second-order valence-electron chi connectivity index (χ2n) is 3.71. The van der Waals surface area contributed by atoms with Crippen LogP contribution in [-0.4, -0.2) is 15.6 Å². The van der Waals surface area contributed by atoms with Crippen molar-refractivity contribution in [3.8, 4) is 0 Å². The van der Waals surface area contributed by atoms with Crippen LogP contribution in [0, 0.1) is 0 Å². The van der Waals surface area contributed by atoms with Crippen molar-refractivity contribution in [2.45, 2.75) is 6.42 Å². The van der Waals surface area contributed by atoms with Gasteiger partial charge in [0.15, 0.2) is 5.78 Å². The SMILES string of the molecule is Cn1ccc(C(=O)Cc2ccc(Cl)cc2Cl)n1. The fourth-order valence-corrected chi connectivity index (χ4v) is 1.97. The van der Waals surface area contributed by atoms with Gasteiger partial charge in [-0.2, -0.15) is 5.10 Å². The molecule has 0 fully saturated rings. The van der Waals surface area contributed by atoms with Gasteiger partial charge in [-0.25, -0.2) is 0 Å². The van der Waals surface area contributed by atoms with E-state index in [2.05, 4.69) is 5.10 Å². The minimum Gasteiger partial charge on any atom is -0.292 e. The van der Waals surface area contributed by atoms with Crippen molar-refractivity contribution in [1.82, 2.24) is 9.78 Å². The van der Waals surface area contributed by atoms with Crippen LogP contribution in [0.25, 0.3) is 0 Å². The molecule has 1 aromatic carbocycles. The third-order valence-corrected chi connectivity index (χ3v) is 2.95. The number of hydrogen-bond donors (Lipinski definition) is 0. The summed E-state index contributed by atoms with van der Waals surface area (Å²) >= 11 is 11.8. The number of rotatable bonds is 3. The molecule has 1 heterocycles. The molecule has 17 heavy (non-hydrogen) atoms. The first kappa shape index (κ1) is 12.1. The molecule has 5 heteroatoms. The van der Waals surface area contributed by atoms with Crippen LogP contribution < -0.4 is 0 Å². The van der Waals surface area contributed by atoms with Crippen molar-refractivity contribution < 1.29 is 4.79 Å². The van der Waals surface area contributed by atoms with E-state index >= 15 is 0 Å². The van der Waals surface area contributed by atoms with Gasteiger partial charge < -0.3 is 0 Å². The first-order valence-electron chi connectivity index (χ1n) is 5.03. The van der Waals surface area contributed by atoms with Gasteiger partial charge in [-0.05, 0) is 23.8 Å². The van der Waals surface area contributed by atoms with Gasteiger partial charge in [0.05, 0.1) is 0 Å². The van der Waals surface area contributed by atoms with E-state index in [-0.39, 0.29) is 12.2 Å². The number of nitrogens with zero attached hydrogens (tertiary/aromatic N) is 2. The Bertz CT molecular complexity index is 563. The van der Waals surface area contributed by atoms with Gasteiger partial charge in [-0.3, -0.25) is 9.48 Å². The molecule has 0 amide bonds. The number of carbonyl (C=O) groups is 1. The van der Waals surface area contributed by atoms with Crippen molar-refractivity contribution >= 4 is 29.0 Å². The van der Waals surface area contributed by atoms with E-state index in [9.17, 15) is 4.79 Å². The second kappa shape index (κ2) is 4.90. The Balaban J connectivity index is 2.18. The summed E-state index contributed by atoms with van der Waals surface area (Å²) in [6, 6.07) is 6.79. The summed E-state index contributed by atoms with van der Waals surface area (Å²) in [7, 11) is 1.77. The molecule has 2 aromatic rings. The van der Waals surface area contributed by atoms with Crippen LogP contribution in [0.1, 0.15) is 16.1 Å². The lowest BCUT2D eigenvalue weighted by atomic mass is 10.1. The molecule has 0 aliphatic carbocycles. The van der Waals surface area contributed by atoms with Crippen LogP contribution in [0.15, 0.2) is 30.5 Å². The lowest BCUT2D eigenvalue weighted by Crippen LogP contribution is -2.05. The Morgan fingerprint density at radius 1 is 1.35 bits per heavy atom. The smallest absolute Gasteiger partial charge is 0.187 e. The third kappa shape index (κ3) is 2.87. The van der Waals surface area contributed by atoms with Crippen LogP contribution in [0.3, 0.4) is 0 Å². The Kier molecular flexibility index (Phi) is 3.50. The van der Waals surface area contributed by atoms with E-state index < -0.39 is 0 Å². The lowest BCUT2D eigenvalue weighted by Gasteiger charge is -2.02. The van der Waals surface area contributed by atoms with E-state index in [0.29, 0.717) is 15.7 Å². The van der Waals surface area contributed by atoms with E-state index in [1.54, 1.807) is 42.2 Å². The highest BCUT2D eigenvalue weighted by atomic mass is 35.5. The molecule has 0 aliphatic rings.